The monoisotopic (exact) mass is 272 g/mol. The molecule has 1 aliphatic rings. The third-order valence-electron chi connectivity index (χ3n) is 4.26. The summed E-state index contributed by atoms with van der Waals surface area (Å²) in [5.41, 5.74) is 1.59. The van der Waals surface area contributed by atoms with E-state index in [0.29, 0.717) is 11.5 Å². The van der Waals surface area contributed by atoms with Gasteiger partial charge in [-0.3, -0.25) is 0 Å². The predicted octanol–water partition coefficient (Wildman–Crippen LogP) is 3.65. The average molecular weight is 272 g/mol. The first-order chi connectivity index (χ1) is 9.62. The molecule has 108 valence electrons. The summed E-state index contributed by atoms with van der Waals surface area (Å²) in [4.78, 5) is 0. The second-order valence-corrected chi connectivity index (χ2v) is 6.26. The second-order valence-electron chi connectivity index (χ2n) is 6.26. The Labute approximate surface area is 121 Å². The van der Waals surface area contributed by atoms with Gasteiger partial charge in [0.25, 0.3) is 0 Å². The zero-order valence-corrected chi connectivity index (χ0v) is 12.5. The minimum Gasteiger partial charge on any atom is -0.479 e. The van der Waals surface area contributed by atoms with Crippen LogP contribution in [-0.2, 0) is 6.54 Å². The van der Waals surface area contributed by atoms with Gasteiger partial charge in [-0.25, -0.2) is 0 Å². The molecule has 1 unspecified atom stereocenters. The van der Waals surface area contributed by atoms with E-state index in [-0.39, 0.29) is 6.61 Å². The van der Waals surface area contributed by atoms with Gasteiger partial charge in [0.1, 0.15) is 11.8 Å². The predicted molar refractivity (Wildman–Crippen MR) is 80.4 cm³/mol. The fraction of sp³-hybridized carbons (Fsp3) is 0.588. The minimum absolute atomic E-state index is 0.104. The third-order valence-corrected chi connectivity index (χ3v) is 4.26. The highest BCUT2D eigenvalue weighted by atomic mass is 16.5. The van der Waals surface area contributed by atoms with Crippen LogP contribution in [0.2, 0.25) is 0 Å². The van der Waals surface area contributed by atoms with Crippen LogP contribution in [0.15, 0.2) is 24.3 Å². The van der Waals surface area contributed by atoms with Crippen LogP contribution in [0.25, 0.3) is 0 Å². The molecule has 3 heteroatoms. The van der Waals surface area contributed by atoms with Crippen LogP contribution in [0.1, 0.15) is 45.1 Å². The molecule has 0 heterocycles. The lowest BCUT2D eigenvalue weighted by molar-refractivity contribution is 0.166. The van der Waals surface area contributed by atoms with Crippen molar-refractivity contribution in [2.45, 2.75) is 52.1 Å². The summed E-state index contributed by atoms with van der Waals surface area (Å²) in [6, 6.07) is 10.6. The van der Waals surface area contributed by atoms with Crippen LogP contribution >= 0.6 is 0 Å². The summed E-state index contributed by atoms with van der Waals surface area (Å²) < 4.78 is 5.34. The lowest BCUT2D eigenvalue weighted by Gasteiger charge is -2.39. The fourth-order valence-electron chi connectivity index (χ4n) is 2.97. The van der Waals surface area contributed by atoms with E-state index in [0.717, 1.165) is 12.3 Å². The summed E-state index contributed by atoms with van der Waals surface area (Å²) in [7, 11) is 0. The number of benzene rings is 1. The van der Waals surface area contributed by atoms with Crippen molar-refractivity contribution in [2.75, 3.05) is 6.61 Å². The van der Waals surface area contributed by atoms with Crippen molar-refractivity contribution >= 4 is 0 Å². The average Bonchev–Trinajstić information content (AvgIpc) is 2.44. The lowest BCUT2D eigenvalue weighted by Crippen LogP contribution is -2.43. The third kappa shape index (κ3) is 3.98. The molecule has 0 bridgehead atoms. The molecule has 0 saturated heterocycles. The van der Waals surface area contributed by atoms with Gasteiger partial charge in [-0.15, -0.1) is 0 Å². The van der Waals surface area contributed by atoms with Crippen LogP contribution in [0.3, 0.4) is 0 Å². The lowest BCUT2D eigenvalue weighted by atomic mass is 9.73. The Balaban J connectivity index is 1.91. The molecule has 2 rings (SSSR count). The first kappa shape index (κ1) is 14.9. The van der Waals surface area contributed by atoms with Crippen LogP contribution < -0.4 is 10.1 Å². The number of nitriles is 1. The normalized spacial score (nSPS) is 21.1. The Bertz CT molecular complexity index is 476. The maximum absolute atomic E-state index is 8.54. The summed E-state index contributed by atoms with van der Waals surface area (Å²) in [6.07, 6.45) is 5.24. The second kappa shape index (κ2) is 6.76. The fourth-order valence-corrected chi connectivity index (χ4v) is 2.97. The Hall–Kier alpha value is -1.53. The van der Waals surface area contributed by atoms with Gasteiger partial charge in [-0.2, -0.15) is 5.26 Å². The van der Waals surface area contributed by atoms with Gasteiger partial charge in [0.2, 0.25) is 0 Å². The van der Waals surface area contributed by atoms with E-state index in [1.54, 1.807) is 0 Å². The van der Waals surface area contributed by atoms with E-state index in [1.165, 1.54) is 31.2 Å². The SMILES string of the molecule is CC1(C)CCCCC1NCc1cccc(OCC#N)c1. The Morgan fingerprint density at radius 1 is 1.40 bits per heavy atom. The maximum Gasteiger partial charge on any atom is 0.174 e. The van der Waals surface area contributed by atoms with Crippen molar-refractivity contribution in [3.8, 4) is 11.8 Å². The quantitative estimate of drug-likeness (QED) is 0.890. The zero-order chi connectivity index (χ0) is 14.4. The molecule has 0 aromatic heterocycles. The van der Waals surface area contributed by atoms with Crippen molar-refractivity contribution in [3.05, 3.63) is 29.8 Å². The summed E-state index contributed by atoms with van der Waals surface area (Å²) in [5, 5.41) is 12.2. The van der Waals surface area contributed by atoms with Crippen LogP contribution in [-0.4, -0.2) is 12.6 Å². The molecule has 0 aliphatic heterocycles. The molecule has 0 spiro atoms. The molecule has 1 saturated carbocycles. The van der Waals surface area contributed by atoms with E-state index in [1.807, 2.05) is 24.3 Å². The molecule has 3 nitrogen and oxygen atoms in total. The van der Waals surface area contributed by atoms with Gasteiger partial charge in [0.15, 0.2) is 6.61 Å². The molecular weight excluding hydrogens is 248 g/mol. The van der Waals surface area contributed by atoms with E-state index < -0.39 is 0 Å². The minimum atomic E-state index is 0.104. The Kier molecular flexibility index (Phi) is 5.03. The molecule has 0 radical (unpaired) electrons. The van der Waals surface area contributed by atoms with Gasteiger partial charge >= 0.3 is 0 Å². The zero-order valence-electron chi connectivity index (χ0n) is 12.5. The van der Waals surface area contributed by atoms with E-state index in [4.69, 9.17) is 10.00 Å². The molecule has 1 aromatic carbocycles. The van der Waals surface area contributed by atoms with Crippen molar-refractivity contribution in [2.24, 2.45) is 5.41 Å². The summed E-state index contributed by atoms with van der Waals surface area (Å²) in [6.45, 7) is 5.68. The van der Waals surface area contributed by atoms with Crippen LogP contribution in [0.4, 0.5) is 0 Å². The largest absolute Gasteiger partial charge is 0.479 e. The standard InChI is InChI=1S/C17H24N2O/c1-17(2)9-4-3-8-16(17)19-13-14-6-5-7-15(12-14)20-11-10-18/h5-7,12,16,19H,3-4,8-9,11,13H2,1-2H3. The van der Waals surface area contributed by atoms with E-state index >= 15 is 0 Å². The van der Waals surface area contributed by atoms with Crippen molar-refractivity contribution < 1.29 is 4.74 Å². The number of hydrogen-bond acceptors (Lipinski definition) is 3. The molecule has 1 aliphatic carbocycles. The first-order valence-electron chi connectivity index (χ1n) is 7.44. The van der Waals surface area contributed by atoms with Crippen molar-refractivity contribution in [1.82, 2.24) is 5.32 Å². The topological polar surface area (TPSA) is 45.0 Å². The van der Waals surface area contributed by atoms with Gasteiger partial charge in [0, 0.05) is 12.6 Å². The Morgan fingerprint density at radius 2 is 2.25 bits per heavy atom. The number of rotatable bonds is 5. The summed E-state index contributed by atoms with van der Waals surface area (Å²) in [5.74, 6) is 0.772. The molecule has 1 atom stereocenters. The van der Waals surface area contributed by atoms with Crippen LogP contribution in [0, 0.1) is 16.7 Å². The van der Waals surface area contributed by atoms with Gasteiger partial charge in [-0.1, -0.05) is 38.8 Å². The maximum atomic E-state index is 8.54. The number of nitrogens with one attached hydrogen (secondary N) is 1. The van der Waals surface area contributed by atoms with Gasteiger partial charge in [-0.05, 0) is 36.0 Å². The van der Waals surface area contributed by atoms with E-state index in [9.17, 15) is 0 Å². The molecule has 1 fully saturated rings. The highest BCUT2D eigenvalue weighted by Gasteiger charge is 2.31. The molecule has 0 amide bonds. The van der Waals surface area contributed by atoms with Gasteiger partial charge in [0.05, 0.1) is 0 Å². The van der Waals surface area contributed by atoms with Crippen molar-refractivity contribution in [3.63, 3.8) is 0 Å². The smallest absolute Gasteiger partial charge is 0.174 e. The number of ether oxygens (including phenoxy) is 1. The highest BCUT2D eigenvalue weighted by Crippen LogP contribution is 2.35. The molecule has 1 N–H and O–H groups in total. The number of nitrogens with zero attached hydrogens (tertiary/aromatic N) is 1. The molecule has 20 heavy (non-hydrogen) atoms. The van der Waals surface area contributed by atoms with Crippen LogP contribution in [0.5, 0.6) is 5.75 Å². The summed E-state index contributed by atoms with van der Waals surface area (Å²) >= 11 is 0. The Morgan fingerprint density at radius 3 is 3.00 bits per heavy atom. The first-order valence-corrected chi connectivity index (χ1v) is 7.44. The van der Waals surface area contributed by atoms with E-state index in [2.05, 4.69) is 25.2 Å². The highest BCUT2D eigenvalue weighted by molar-refractivity contribution is 5.28. The van der Waals surface area contributed by atoms with Gasteiger partial charge < -0.3 is 10.1 Å². The number of hydrogen-bond donors (Lipinski definition) is 1. The molecular formula is C17H24N2O. The molecule has 1 aromatic rings. The van der Waals surface area contributed by atoms with Crippen molar-refractivity contribution in [1.29, 1.82) is 5.26 Å².